The minimum absolute atomic E-state index is 0.102. The van der Waals surface area contributed by atoms with Crippen LogP contribution in [0.5, 0.6) is 11.5 Å². The van der Waals surface area contributed by atoms with Gasteiger partial charge in [-0.1, -0.05) is 6.07 Å². The highest BCUT2D eigenvalue weighted by molar-refractivity contribution is 6.02. The first-order valence-corrected chi connectivity index (χ1v) is 13.2. The van der Waals surface area contributed by atoms with E-state index in [2.05, 4.69) is 10.6 Å². The minimum Gasteiger partial charge on any atom is -0.497 e. The molecule has 1 saturated heterocycles. The van der Waals surface area contributed by atoms with Gasteiger partial charge in [0.15, 0.2) is 0 Å². The number of hydrogen-bond acceptors (Lipinski definition) is 5. The first kappa shape index (κ1) is 29.0. The quantitative estimate of drug-likeness (QED) is 0.408. The predicted molar refractivity (Wildman–Crippen MR) is 144 cm³/mol. The number of alkyl halides is 2. The summed E-state index contributed by atoms with van der Waals surface area (Å²) in [5.74, 6) is -3.62. The van der Waals surface area contributed by atoms with Gasteiger partial charge in [-0.05, 0) is 54.7 Å². The SMILES string of the molecule is COc1cc(F)c([C@@H]2CN(c3cccn(C(F)F)c3=O)C(=O)[C@H]2NC(=O)NC2CCc3cc(OC)ccc3C2)c(F)c1. The van der Waals surface area contributed by atoms with E-state index in [1.807, 2.05) is 18.2 Å². The fourth-order valence-corrected chi connectivity index (χ4v) is 5.61. The number of carbonyl (C=O) groups excluding carboxylic acids is 2. The molecule has 1 fully saturated rings. The van der Waals surface area contributed by atoms with Gasteiger partial charge in [-0.2, -0.15) is 8.78 Å². The number of nitrogens with one attached hydrogen (secondary N) is 2. The number of pyridine rings is 1. The molecule has 2 N–H and O–H groups in total. The van der Waals surface area contributed by atoms with Crippen molar-refractivity contribution < 1.29 is 36.6 Å². The summed E-state index contributed by atoms with van der Waals surface area (Å²) in [5.41, 5.74) is 0.0269. The number of halogens is 4. The van der Waals surface area contributed by atoms with Crippen LogP contribution in [0.2, 0.25) is 0 Å². The van der Waals surface area contributed by atoms with E-state index in [0.29, 0.717) is 19.3 Å². The van der Waals surface area contributed by atoms with Crippen LogP contribution in [0, 0.1) is 11.6 Å². The van der Waals surface area contributed by atoms with Crippen LogP contribution in [0.25, 0.3) is 0 Å². The molecule has 0 bridgehead atoms. The lowest BCUT2D eigenvalue weighted by Crippen LogP contribution is -2.51. The van der Waals surface area contributed by atoms with E-state index in [1.165, 1.54) is 7.11 Å². The number of fused-ring (bicyclic) bond motifs is 1. The van der Waals surface area contributed by atoms with Crippen LogP contribution in [0.4, 0.5) is 28.0 Å². The maximum Gasteiger partial charge on any atom is 0.321 e. The van der Waals surface area contributed by atoms with Crippen LogP contribution in [0.15, 0.2) is 53.5 Å². The molecule has 0 radical (unpaired) electrons. The number of methoxy groups -OCH3 is 2. The number of benzene rings is 2. The molecule has 1 aliphatic carbocycles. The van der Waals surface area contributed by atoms with Gasteiger partial charge in [0.2, 0.25) is 0 Å². The third kappa shape index (κ3) is 5.50. The first-order chi connectivity index (χ1) is 20.1. The second kappa shape index (κ2) is 11.7. The standard InChI is InChI=1S/C29H28F4N4O5/c1-41-18-8-6-15-10-17(7-5-16(15)11-18)34-29(40)35-25-20(24-21(30)12-19(42-2)13-22(24)31)14-37(27(25)39)23-4-3-9-36(26(23)38)28(32)33/h3-4,6,8-9,11-13,17,20,25,28H,5,7,10,14H2,1-2H3,(H2,34,35,40)/t17?,20-,25-/m0/s1. The van der Waals surface area contributed by atoms with E-state index in [-0.39, 0.29) is 16.4 Å². The second-order valence-electron chi connectivity index (χ2n) is 10.1. The van der Waals surface area contributed by atoms with E-state index >= 15 is 8.78 Å². The molecular weight excluding hydrogens is 560 g/mol. The zero-order valence-electron chi connectivity index (χ0n) is 22.7. The minimum atomic E-state index is -3.18. The molecule has 1 aliphatic heterocycles. The molecule has 42 heavy (non-hydrogen) atoms. The molecule has 5 rings (SSSR count). The number of nitrogens with zero attached hydrogens (tertiary/aromatic N) is 2. The van der Waals surface area contributed by atoms with Crippen LogP contribution in [0.3, 0.4) is 0 Å². The lowest BCUT2D eigenvalue weighted by Gasteiger charge is -2.27. The van der Waals surface area contributed by atoms with Crippen molar-refractivity contribution in [3.05, 3.63) is 87.3 Å². The Labute approximate surface area is 238 Å². The number of rotatable bonds is 7. The van der Waals surface area contributed by atoms with Crippen molar-refractivity contribution >= 4 is 17.6 Å². The second-order valence-corrected chi connectivity index (χ2v) is 10.1. The van der Waals surface area contributed by atoms with Crippen molar-refractivity contribution in [2.24, 2.45) is 0 Å². The Morgan fingerprint density at radius 1 is 0.976 bits per heavy atom. The van der Waals surface area contributed by atoms with Crippen molar-refractivity contribution in [1.82, 2.24) is 15.2 Å². The lowest BCUT2D eigenvalue weighted by molar-refractivity contribution is -0.118. The van der Waals surface area contributed by atoms with Gasteiger partial charge in [0, 0.05) is 42.4 Å². The summed E-state index contributed by atoms with van der Waals surface area (Å²) in [5, 5.41) is 5.34. The molecule has 3 atom stereocenters. The molecule has 9 nitrogen and oxygen atoms in total. The average Bonchev–Trinajstić information content (AvgIpc) is 3.26. The average molecular weight is 589 g/mol. The van der Waals surface area contributed by atoms with E-state index in [4.69, 9.17) is 9.47 Å². The van der Waals surface area contributed by atoms with Crippen LogP contribution >= 0.6 is 0 Å². The molecule has 0 saturated carbocycles. The Balaban J connectivity index is 1.42. The number of urea groups is 1. The third-order valence-corrected chi connectivity index (χ3v) is 7.69. The van der Waals surface area contributed by atoms with Gasteiger partial charge in [-0.15, -0.1) is 0 Å². The van der Waals surface area contributed by atoms with Crippen molar-refractivity contribution in [2.75, 3.05) is 25.7 Å². The summed E-state index contributed by atoms with van der Waals surface area (Å²) in [7, 11) is 2.81. The van der Waals surface area contributed by atoms with Crippen LogP contribution in [-0.2, 0) is 17.6 Å². The van der Waals surface area contributed by atoms with Crippen molar-refractivity contribution in [2.45, 2.75) is 43.8 Å². The van der Waals surface area contributed by atoms with Gasteiger partial charge in [0.05, 0.1) is 14.2 Å². The number of carbonyl (C=O) groups is 2. The lowest BCUT2D eigenvalue weighted by atomic mass is 9.88. The summed E-state index contributed by atoms with van der Waals surface area (Å²) in [6, 6.07) is 7.29. The van der Waals surface area contributed by atoms with E-state index in [9.17, 15) is 23.2 Å². The fourth-order valence-electron chi connectivity index (χ4n) is 5.61. The van der Waals surface area contributed by atoms with Crippen LogP contribution < -0.4 is 30.6 Å². The fraction of sp³-hybridized carbons (Fsp3) is 0.345. The topological polar surface area (TPSA) is 102 Å². The van der Waals surface area contributed by atoms with E-state index < -0.39 is 65.4 Å². The number of aromatic nitrogens is 1. The summed E-state index contributed by atoms with van der Waals surface area (Å²) in [6.07, 6.45) is 2.64. The number of aryl methyl sites for hydroxylation is 1. The predicted octanol–water partition coefficient (Wildman–Crippen LogP) is 3.89. The maximum absolute atomic E-state index is 15.2. The molecular formula is C29H28F4N4O5. The van der Waals surface area contributed by atoms with Crippen molar-refractivity contribution in [3.8, 4) is 11.5 Å². The summed E-state index contributed by atoms with van der Waals surface area (Å²) in [4.78, 5) is 40.3. The molecule has 13 heteroatoms. The molecule has 0 spiro atoms. The van der Waals surface area contributed by atoms with Gasteiger partial charge in [0.1, 0.15) is 34.9 Å². The molecule has 2 aliphatic rings. The highest BCUT2D eigenvalue weighted by atomic mass is 19.3. The molecule has 2 heterocycles. The smallest absolute Gasteiger partial charge is 0.321 e. The summed E-state index contributed by atoms with van der Waals surface area (Å²) in [6.45, 7) is -3.63. The maximum atomic E-state index is 15.2. The van der Waals surface area contributed by atoms with Crippen LogP contribution in [-0.4, -0.2) is 49.4 Å². The largest absolute Gasteiger partial charge is 0.497 e. The van der Waals surface area contributed by atoms with Gasteiger partial charge >= 0.3 is 12.6 Å². The molecule has 222 valence electrons. The Morgan fingerprint density at radius 2 is 1.69 bits per heavy atom. The first-order valence-electron chi connectivity index (χ1n) is 13.2. The molecule has 2 aromatic carbocycles. The highest BCUT2D eigenvalue weighted by Gasteiger charge is 2.46. The van der Waals surface area contributed by atoms with Crippen molar-refractivity contribution in [3.63, 3.8) is 0 Å². The zero-order chi connectivity index (χ0) is 30.1. The number of amides is 3. The molecule has 1 aromatic heterocycles. The van der Waals surface area contributed by atoms with Gasteiger partial charge in [0.25, 0.3) is 11.5 Å². The molecule has 3 aromatic rings. The highest BCUT2D eigenvalue weighted by Crippen LogP contribution is 2.36. The Bertz CT molecular complexity index is 1560. The van der Waals surface area contributed by atoms with Crippen molar-refractivity contribution in [1.29, 1.82) is 0 Å². The summed E-state index contributed by atoms with van der Waals surface area (Å²) < 4.78 is 67.5. The number of anilines is 1. The molecule has 1 unspecified atom stereocenters. The van der Waals surface area contributed by atoms with E-state index in [1.54, 1.807) is 7.11 Å². The van der Waals surface area contributed by atoms with Gasteiger partial charge < -0.3 is 25.0 Å². The van der Waals surface area contributed by atoms with E-state index in [0.717, 1.165) is 52.2 Å². The normalized spacial score (nSPS) is 19.9. The summed E-state index contributed by atoms with van der Waals surface area (Å²) >= 11 is 0. The Kier molecular flexibility index (Phi) is 8.10. The van der Waals surface area contributed by atoms with Gasteiger partial charge in [-0.3, -0.25) is 14.2 Å². The van der Waals surface area contributed by atoms with Gasteiger partial charge in [-0.25, -0.2) is 13.6 Å². The molecule has 3 amide bonds. The number of ether oxygens (including phenoxy) is 2. The number of hydrogen-bond donors (Lipinski definition) is 2. The Hall–Kier alpha value is -4.55. The third-order valence-electron chi connectivity index (χ3n) is 7.69. The Morgan fingerprint density at radius 3 is 2.36 bits per heavy atom. The zero-order valence-corrected chi connectivity index (χ0v) is 22.7. The monoisotopic (exact) mass is 588 g/mol. The van der Waals surface area contributed by atoms with Crippen LogP contribution in [0.1, 0.15) is 35.6 Å².